The van der Waals surface area contributed by atoms with Gasteiger partial charge in [0.15, 0.2) is 0 Å². The summed E-state index contributed by atoms with van der Waals surface area (Å²) in [6.07, 6.45) is 2.47. The van der Waals surface area contributed by atoms with Crippen molar-refractivity contribution in [3.05, 3.63) is 47.5 Å². The lowest BCUT2D eigenvalue weighted by Gasteiger charge is -2.37. The molecule has 5 rings (SSSR count). The quantitative estimate of drug-likeness (QED) is 0.734. The van der Waals surface area contributed by atoms with Gasteiger partial charge in [0.05, 0.1) is 20.3 Å². The second-order valence-corrected chi connectivity index (χ2v) is 9.61. The minimum atomic E-state index is -0.0373. The summed E-state index contributed by atoms with van der Waals surface area (Å²) in [6, 6.07) is 12.5. The van der Waals surface area contributed by atoms with E-state index in [-0.39, 0.29) is 11.8 Å². The van der Waals surface area contributed by atoms with Crippen LogP contribution in [0.5, 0.6) is 5.75 Å². The maximum absolute atomic E-state index is 13.3. The van der Waals surface area contributed by atoms with E-state index in [9.17, 15) is 4.79 Å². The zero-order chi connectivity index (χ0) is 23.5. The van der Waals surface area contributed by atoms with Crippen LogP contribution in [0.15, 0.2) is 36.4 Å². The number of carbonyl (C=O) groups excluding carboxylic acids is 1. The summed E-state index contributed by atoms with van der Waals surface area (Å²) in [4.78, 5) is 20.4. The monoisotopic (exact) mass is 464 g/mol. The molecular weight excluding hydrogens is 428 g/mol. The molecule has 1 aliphatic carbocycles. The number of methoxy groups -OCH3 is 1. The van der Waals surface area contributed by atoms with Gasteiger partial charge in [-0.15, -0.1) is 0 Å². The van der Waals surface area contributed by atoms with Crippen LogP contribution < -0.4 is 19.9 Å². The van der Waals surface area contributed by atoms with E-state index >= 15 is 0 Å². The van der Waals surface area contributed by atoms with Gasteiger partial charge in [-0.1, -0.05) is 0 Å². The van der Waals surface area contributed by atoms with E-state index < -0.39 is 0 Å². The van der Waals surface area contributed by atoms with Gasteiger partial charge in [-0.2, -0.15) is 0 Å². The number of amides is 1. The van der Waals surface area contributed by atoms with E-state index in [1.54, 1.807) is 7.11 Å². The molecule has 1 amide bonds. The molecule has 182 valence electrons. The molecule has 0 aromatic heterocycles. The number of fused-ring (bicyclic) bond motifs is 1. The van der Waals surface area contributed by atoms with Crippen molar-refractivity contribution < 1.29 is 14.3 Å². The number of rotatable bonds is 5. The predicted octanol–water partition coefficient (Wildman–Crippen LogP) is 3.03. The molecule has 0 spiro atoms. The Morgan fingerprint density at radius 1 is 0.941 bits per heavy atom. The number of hydrogen-bond donors (Lipinski definition) is 1. The summed E-state index contributed by atoms with van der Waals surface area (Å²) in [5.41, 5.74) is 5.88. The number of ether oxygens (including phenoxy) is 2. The summed E-state index contributed by atoms with van der Waals surface area (Å²) in [5.74, 6) is 1.02. The topological polar surface area (TPSA) is 57.3 Å². The first-order valence-corrected chi connectivity index (χ1v) is 12.5. The molecule has 0 unspecified atom stereocenters. The lowest BCUT2D eigenvalue weighted by atomic mass is 9.81. The Morgan fingerprint density at radius 2 is 1.68 bits per heavy atom. The van der Waals surface area contributed by atoms with Crippen molar-refractivity contribution >= 4 is 23.0 Å². The number of carbonyl (C=O) groups is 1. The number of anilines is 3. The number of morpholine rings is 1. The Hall–Kier alpha value is -2.77. The summed E-state index contributed by atoms with van der Waals surface area (Å²) in [7, 11) is 3.92. The highest BCUT2D eigenvalue weighted by Crippen LogP contribution is 2.39. The molecule has 2 fully saturated rings. The molecule has 2 saturated heterocycles. The van der Waals surface area contributed by atoms with Gasteiger partial charge in [0.25, 0.3) is 0 Å². The third-order valence-electron chi connectivity index (χ3n) is 7.50. The number of piperazine rings is 1. The molecule has 2 aromatic carbocycles. The first kappa shape index (κ1) is 23.0. The molecule has 0 bridgehead atoms. The van der Waals surface area contributed by atoms with Crippen molar-refractivity contribution in [2.75, 3.05) is 81.8 Å². The van der Waals surface area contributed by atoms with E-state index in [4.69, 9.17) is 9.47 Å². The fourth-order valence-corrected chi connectivity index (χ4v) is 5.41. The van der Waals surface area contributed by atoms with E-state index in [1.165, 1.54) is 22.5 Å². The van der Waals surface area contributed by atoms with Crippen LogP contribution in [0, 0.1) is 5.92 Å². The fourth-order valence-electron chi connectivity index (χ4n) is 5.41. The maximum Gasteiger partial charge on any atom is 0.227 e. The lowest BCUT2D eigenvalue weighted by molar-refractivity contribution is -0.120. The molecule has 2 aromatic rings. The van der Waals surface area contributed by atoms with E-state index in [0.29, 0.717) is 0 Å². The minimum Gasteiger partial charge on any atom is -0.496 e. The Kier molecular flexibility index (Phi) is 6.92. The zero-order valence-electron chi connectivity index (χ0n) is 20.4. The van der Waals surface area contributed by atoms with Crippen LogP contribution in [0.25, 0.3) is 0 Å². The molecule has 1 atom stereocenters. The number of nitrogens with one attached hydrogen (secondary N) is 1. The second-order valence-electron chi connectivity index (χ2n) is 9.61. The number of nitrogens with zero attached hydrogens (tertiary/aromatic N) is 3. The Labute approximate surface area is 202 Å². The molecule has 7 heteroatoms. The summed E-state index contributed by atoms with van der Waals surface area (Å²) in [6.45, 7) is 7.50. The van der Waals surface area contributed by atoms with Gasteiger partial charge in [-0.25, -0.2) is 0 Å². The normalized spacial score (nSPS) is 21.2. The molecule has 1 N–H and O–H groups in total. The molecule has 34 heavy (non-hydrogen) atoms. The maximum atomic E-state index is 13.3. The van der Waals surface area contributed by atoms with E-state index in [1.807, 2.05) is 12.1 Å². The highest BCUT2D eigenvalue weighted by Gasteiger charge is 2.30. The zero-order valence-corrected chi connectivity index (χ0v) is 20.4. The van der Waals surface area contributed by atoms with Crippen LogP contribution in [0.3, 0.4) is 0 Å². The Balaban J connectivity index is 1.29. The van der Waals surface area contributed by atoms with E-state index in [2.05, 4.69) is 51.3 Å². The van der Waals surface area contributed by atoms with Crippen molar-refractivity contribution in [2.24, 2.45) is 5.92 Å². The van der Waals surface area contributed by atoms with Gasteiger partial charge >= 0.3 is 0 Å². The van der Waals surface area contributed by atoms with Crippen LogP contribution in [0.4, 0.5) is 17.1 Å². The summed E-state index contributed by atoms with van der Waals surface area (Å²) < 4.78 is 11.1. The number of hydrogen-bond acceptors (Lipinski definition) is 6. The molecule has 2 heterocycles. The van der Waals surface area contributed by atoms with Gasteiger partial charge in [-0.3, -0.25) is 4.79 Å². The Morgan fingerprint density at radius 3 is 2.38 bits per heavy atom. The van der Waals surface area contributed by atoms with Gasteiger partial charge in [0.1, 0.15) is 5.75 Å². The molecule has 0 saturated carbocycles. The van der Waals surface area contributed by atoms with Crippen molar-refractivity contribution in [3.8, 4) is 5.75 Å². The summed E-state index contributed by atoms with van der Waals surface area (Å²) in [5, 5.41) is 3.17. The first-order chi connectivity index (χ1) is 16.6. The molecule has 2 aliphatic heterocycles. The second kappa shape index (κ2) is 10.2. The summed E-state index contributed by atoms with van der Waals surface area (Å²) >= 11 is 0. The average molecular weight is 465 g/mol. The van der Waals surface area contributed by atoms with Crippen LogP contribution in [0.1, 0.15) is 17.5 Å². The number of benzene rings is 2. The smallest absolute Gasteiger partial charge is 0.227 e. The third-order valence-corrected chi connectivity index (χ3v) is 7.50. The largest absolute Gasteiger partial charge is 0.496 e. The Bertz CT molecular complexity index is 996. The van der Waals surface area contributed by atoms with Crippen LogP contribution in [0.2, 0.25) is 0 Å². The van der Waals surface area contributed by atoms with Crippen molar-refractivity contribution in [1.82, 2.24) is 4.90 Å². The third kappa shape index (κ3) is 4.86. The molecule has 0 radical (unpaired) electrons. The van der Waals surface area contributed by atoms with Gasteiger partial charge in [-0.05, 0) is 73.8 Å². The molecule has 3 aliphatic rings. The van der Waals surface area contributed by atoms with Gasteiger partial charge in [0, 0.05) is 62.2 Å². The average Bonchev–Trinajstić information content (AvgIpc) is 2.89. The van der Waals surface area contributed by atoms with Crippen molar-refractivity contribution in [1.29, 1.82) is 0 Å². The lowest BCUT2D eigenvalue weighted by Crippen LogP contribution is -2.45. The van der Waals surface area contributed by atoms with Gasteiger partial charge in [0.2, 0.25) is 5.91 Å². The molecular formula is C27H36N4O3. The minimum absolute atomic E-state index is 0.0373. The predicted molar refractivity (Wildman–Crippen MR) is 136 cm³/mol. The van der Waals surface area contributed by atoms with Crippen LogP contribution in [-0.4, -0.2) is 77.4 Å². The van der Waals surface area contributed by atoms with Crippen LogP contribution in [-0.2, 0) is 22.4 Å². The SMILES string of the molecule is COc1ccc(N2CCN(C)CC2)c2c1CC[C@H](C(=O)Nc1ccc(N3CCOCC3)cc1)C2. The van der Waals surface area contributed by atoms with Crippen LogP contribution >= 0.6 is 0 Å². The first-order valence-electron chi connectivity index (χ1n) is 12.5. The van der Waals surface area contributed by atoms with Gasteiger partial charge < -0.3 is 29.5 Å². The highest BCUT2D eigenvalue weighted by atomic mass is 16.5. The fraction of sp³-hybridized carbons (Fsp3) is 0.519. The standard InChI is InChI=1S/C27H36N4O3/c1-29-11-13-31(14-12-29)25-9-10-26(33-2)23-8-3-20(19-24(23)25)27(32)28-21-4-6-22(7-5-21)30-15-17-34-18-16-30/h4-7,9-10,20H,3,8,11-19H2,1-2H3,(H,28,32)/t20-/m0/s1. The number of likely N-dealkylation sites (N-methyl/N-ethyl adjacent to an activating group) is 1. The van der Waals surface area contributed by atoms with E-state index in [0.717, 1.165) is 83.2 Å². The van der Waals surface area contributed by atoms with Crippen molar-refractivity contribution in [3.63, 3.8) is 0 Å². The highest BCUT2D eigenvalue weighted by molar-refractivity contribution is 5.93. The van der Waals surface area contributed by atoms with Crippen molar-refractivity contribution in [2.45, 2.75) is 19.3 Å². The molecule has 7 nitrogen and oxygen atoms in total.